The molecule has 3 heterocycles. The molecule has 0 radical (unpaired) electrons. The second kappa shape index (κ2) is 12.3. The molecule has 0 bridgehead atoms. The van der Waals surface area contributed by atoms with Gasteiger partial charge in [-0.1, -0.05) is 19.9 Å². The monoisotopic (exact) mass is 654 g/mol. The van der Waals surface area contributed by atoms with Crippen LogP contribution in [0.5, 0.6) is 5.75 Å². The summed E-state index contributed by atoms with van der Waals surface area (Å²) in [5, 5.41) is 13.1. The molecule has 1 fully saturated rings. The summed E-state index contributed by atoms with van der Waals surface area (Å²) in [7, 11) is -5.25. The van der Waals surface area contributed by atoms with Crippen molar-refractivity contribution in [3.63, 3.8) is 0 Å². The molecule has 1 aliphatic heterocycles. The molecule has 1 saturated heterocycles. The van der Waals surface area contributed by atoms with E-state index in [-0.39, 0.29) is 41.3 Å². The number of sulfonamides is 1. The number of sulfone groups is 1. The molecular formula is C27H35FN6O8S2. The van der Waals surface area contributed by atoms with Gasteiger partial charge >= 0.3 is 5.56 Å². The Hall–Kier alpha value is -3.83. The Kier molecular flexibility index (Phi) is 9.23. The van der Waals surface area contributed by atoms with Crippen LogP contribution in [0.1, 0.15) is 42.0 Å². The van der Waals surface area contributed by atoms with Crippen LogP contribution < -0.4 is 10.9 Å². The average molecular weight is 655 g/mol. The highest BCUT2D eigenvalue weighted by Gasteiger charge is 2.29. The molecule has 14 nitrogen and oxygen atoms in total. The fourth-order valence-corrected chi connectivity index (χ4v) is 7.24. The van der Waals surface area contributed by atoms with Crippen LogP contribution in [0, 0.1) is 17.7 Å². The van der Waals surface area contributed by atoms with Crippen molar-refractivity contribution in [3.8, 4) is 5.75 Å². The summed E-state index contributed by atoms with van der Waals surface area (Å²) in [6.45, 7) is 4.36. The number of aromatic nitrogens is 3. The number of piperidine rings is 1. The highest BCUT2D eigenvalue weighted by Crippen LogP contribution is 2.23. The van der Waals surface area contributed by atoms with Gasteiger partial charge in [0.25, 0.3) is 5.91 Å². The minimum Gasteiger partial charge on any atom is -0.501 e. The van der Waals surface area contributed by atoms with Crippen LogP contribution in [0.25, 0.3) is 5.78 Å². The first-order valence-electron chi connectivity index (χ1n) is 13.7. The zero-order valence-electron chi connectivity index (χ0n) is 24.9. The number of imidazole rings is 1. The normalized spacial score (nSPS) is 17.8. The van der Waals surface area contributed by atoms with Crippen LogP contribution in [0.4, 0.5) is 4.39 Å². The van der Waals surface area contributed by atoms with E-state index in [1.54, 1.807) is 4.90 Å². The molecule has 2 unspecified atom stereocenters. The van der Waals surface area contributed by atoms with E-state index in [0.717, 1.165) is 33.5 Å². The van der Waals surface area contributed by atoms with Crippen molar-refractivity contribution in [1.82, 2.24) is 28.5 Å². The number of benzene rings is 1. The standard InChI is InChI=1S/C27H35FN6O8S2/c1-16-8-17(2)12-32(11-16)22(35)14-33-13-20(15-43(5,39)40)34-26(38)24(36)23(30-27(33)34)25(37)29-10-18-6-7-19(28)9-21(18)44(41,42)31(3)4/h6-7,9,13,16-17,36H,8,10-12,14-15H2,1-5H3,(H,29,37). The first-order valence-corrected chi connectivity index (χ1v) is 17.2. The molecule has 1 aromatic carbocycles. The van der Waals surface area contributed by atoms with Crippen molar-refractivity contribution in [2.24, 2.45) is 11.8 Å². The third kappa shape index (κ3) is 6.94. The number of carbonyl (C=O) groups is 2. The Morgan fingerprint density at radius 1 is 1.14 bits per heavy atom. The van der Waals surface area contributed by atoms with Gasteiger partial charge in [0.15, 0.2) is 15.5 Å². The quantitative estimate of drug-likeness (QED) is 0.334. The predicted molar refractivity (Wildman–Crippen MR) is 158 cm³/mol. The number of amides is 2. The smallest absolute Gasteiger partial charge is 0.302 e. The van der Waals surface area contributed by atoms with Crippen LogP contribution in [-0.4, -0.2) is 90.4 Å². The number of hydrogen-bond donors (Lipinski definition) is 2. The predicted octanol–water partition coefficient (Wildman–Crippen LogP) is 0.570. The molecule has 2 atom stereocenters. The molecular weight excluding hydrogens is 619 g/mol. The van der Waals surface area contributed by atoms with Gasteiger partial charge in [0.05, 0.1) is 16.3 Å². The first-order chi connectivity index (χ1) is 20.4. The van der Waals surface area contributed by atoms with E-state index in [1.807, 2.05) is 13.8 Å². The Morgan fingerprint density at radius 3 is 2.36 bits per heavy atom. The highest BCUT2D eigenvalue weighted by molar-refractivity contribution is 7.90. The van der Waals surface area contributed by atoms with Gasteiger partial charge < -0.3 is 19.9 Å². The van der Waals surface area contributed by atoms with E-state index in [0.29, 0.717) is 13.1 Å². The molecule has 4 rings (SSSR count). The zero-order chi connectivity index (χ0) is 32.7. The highest BCUT2D eigenvalue weighted by atomic mass is 32.2. The summed E-state index contributed by atoms with van der Waals surface area (Å²) in [5.74, 6) is -3.58. The van der Waals surface area contributed by atoms with Crippen molar-refractivity contribution in [3.05, 3.63) is 57.5 Å². The number of likely N-dealkylation sites (tertiary alicyclic amines) is 1. The molecule has 0 saturated carbocycles. The second-order valence-electron chi connectivity index (χ2n) is 11.5. The molecule has 3 aromatic rings. The number of nitrogens with zero attached hydrogens (tertiary/aromatic N) is 5. The van der Waals surface area contributed by atoms with Crippen LogP contribution >= 0.6 is 0 Å². The Morgan fingerprint density at radius 2 is 1.77 bits per heavy atom. The van der Waals surface area contributed by atoms with Crippen molar-refractivity contribution >= 4 is 37.5 Å². The Bertz CT molecular complexity index is 1890. The number of halogens is 1. The van der Waals surface area contributed by atoms with E-state index in [9.17, 15) is 40.7 Å². The summed E-state index contributed by atoms with van der Waals surface area (Å²) in [5.41, 5.74) is -1.91. The van der Waals surface area contributed by atoms with Gasteiger partial charge in [-0.2, -0.15) is 0 Å². The van der Waals surface area contributed by atoms with E-state index in [4.69, 9.17) is 0 Å². The third-order valence-electron chi connectivity index (χ3n) is 7.27. The molecule has 2 amide bonds. The molecule has 0 aliphatic carbocycles. The third-order valence-corrected chi connectivity index (χ3v) is 9.99. The van der Waals surface area contributed by atoms with Crippen LogP contribution in [0.2, 0.25) is 0 Å². The Balaban J connectivity index is 1.73. The fraction of sp³-hybridized carbons (Fsp3) is 0.481. The SMILES string of the molecule is CC1CC(C)CN(C(=O)Cn2cc(CS(C)(=O)=O)n3c(=O)c(O)c(C(=O)NCc4ccc(F)cc4S(=O)(=O)N(C)C)nc23)C1. The van der Waals surface area contributed by atoms with E-state index < -0.39 is 65.8 Å². The molecule has 240 valence electrons. The number of fused-ring (bicyclic) bond motifs is 1. The van der Waals surface area contributed by atoms with E-state index in [1.165, 1.54) is 30.9 Å². The maximum atomic E-state index is 13.9. The average Bonchev–Trinajstić information content (AvgIpc) is 3.23. The first kappa shape index (κ1) is 33.1. The number of hydrogen-bond acceptors (Lipinski definition) is 9. The lowest BCUT2D eigenvalue weighted by Crippen LogP contribution is -2.44. The van der Waals surface area contributed by atoms with Gasteiger partial charge in [0.2, 0.25) is 27.5 Å². The maximum absolute atomic E-state index is 13.9. The van der Waals surface area contributed by atoms with Gasteiger partial charge in [-0.05, 0) is 36.0 Å². The van der Waals surface area contributed by atoms with Gasteiger partial charge in [-0.15, -0.1) is 0 Å². The van der Waals surface area contributed by atoms with Crippen LogP contribution in [0.15, 0.2) is 34.1 Å². The van der Waals surface area contributed by atoms with E-state index >= 15 is 0 Å². The van der Waals surface area contributed by atoms with Crippen molar-refractivity contribution < 1.29 is 35.9 Å². The van der Waals surface area contributed by atoms with Gasteiger partial charge in [-0.3, -0.25) is 14.4 Å². The van der Waals surface area contributed by atoms with Crippen LogP contribution in [-0.2, 0) is 43.5 Å². The number of rotatable bonds is 9. The van der Waals surface area contributed by atoms with Gasteiger partial charge in [-0.25, -0.2) is 34.9 Å². The lowest BCUT2D eigenvalue weighted by atomic mass is 9.92. The molecule has 2 N–H and O–H groups in total. The summed E-state index contributed by atoms with van der Waals surface area (Å²) < 4.78 is 66.6. The fourth-order valence-electron chi connectivity index (χ4n) is 5.38. The number of carbonyl (C=O) groups excluding carboxylic acids is 2. The van der Waals surface area contributed by atoms with Crippen LogP contribution in [0.3, 0.4) is 0 Å². The summed E-state index contributed by atoms with van der Waals surface area (Å²) >= 11 is 0. The van der Waals surface area contributed by atoms with Gasteiger partial charge in [0, 0.05) is 46.2 Å². The molecule has 17 heteroatoms. The summed E-state index contributed by atoms with van der Waals surface area (Å²) in [4.78, 5) is 45.2. The van der Waals surface area contributed by atoms with Crippen molar-refractivity contribution in [2.75, 3.05) is 33.4 Å². The minimum absolute atomic E-state index is 0.0279. The van der Waals surface area contributed by atoms with Crippen molar-refractivity contribution in [1.29, 1.82) is 0 Å². The lowest BCUT2D eigenvalue weighted by Gasteiger charge is -2.35. The maximum Gasteiger partial charge on any atom is 0.302 e. The Labute approximate surface area is 254 Å². The summed E-state index contributed by atoms with van der Waals surface area (Å²) in [6.07, 6.45) is 3.19. The number of aromatic hydroxyl groups is 1. The van der Waals surface area contributed by atoms with E-state index in [2.05, 4.69) is 10.3 Å². The molecule has 1 aliphatic rings. The van der Waals surface area contributed by atoms with Crippen molar-refractivity contribution in [2.45, 2.75) is 44.0 Å². The molecule has 2 aromatic heterocycles. The zero-order valence-corrected chi connectivity index (χ0v) is 26.6. The minimum atomic E-state index is -4.10. The summed E-state index contributed by atoms with van der Waals surface area (Å²) in [6, 6.07) is 3.00. The molecule has 44 heavy (non-hydrogen) atoms. The lowest BCUT2D eigenvalue weighted by molar-refractivity contribution is -0.134. The van der Waals surface area contributed by atoms with Gasteiger partial charge in [0.1, 0.15) is 12.4 Å². The second-order valence-corrected chi connectivity index (χ2v) is 15.8. The largest absolute Gasteiger partial charge is 0.501 e. The topological polar surface area (TPSA) is 180 Å². The molecule has 0 spiro atoms. The number of nitrogens with one attached hydrogen (secondary N) is 1.